The van der Waals surface area contributed by atoms with Gasteiger partial charge in [-0.2, -0.15) is 4.98 Å². The second-order valence-electron chi connectivity index (χ2n) is 8.46. The van der Waals surface area contributed by atoms with Gasteiger partial charge in [0.15, 0.2) is 15.7 Å². The molecule has 0 aliphatic carbocycles. The van der Waals surface area contributed by atoms with Gasteiger partial charge in [0.05, 0.1) is 16.5 Å². The monoisotopic (exact) mass is 560 g/mol. The molecule has 0 saturated heterocycles. The lowest BCUT2D eigenvalue weighted by atomic mass is 10.1. The Bertz CT molecular complexity index is 1420. The van der Waals surface area contributed by atoms with Crippen LogP contribution >= 0.6 is 11.6 Å². The van der Waals surface area contributed by atoms with Crippen LogP contribution in [0.15, 0.2) is 47.6 Å². The SMILES string of the molecule is CCNCCNCc1ccc(NC(=O)c2ccc(Cl)c(Oc3ncnc4c3OCCN4)c2)cc1S(C)(=O)=O. The third-order valence-corrected chi connectivity index (χ3v) is 7.07. The molecule has 4 N–H and O–H groups in total. The summed E-state index contributed by atoms with van der Waals surface area (Å²) in [5.74, 6) is 0.753. The summed E-state index contributed by atoms with van der Waals surface area (Å²) in [7, 11) is -3.53. The van der Waals surface area contributed by atoms with Crippen LogP contribution < -0.4 is 30.7 Å². The summed E-state index contributed by atoms with van der Waals surface area (Å²) >= 11 is 6.32. The minimum Gasteiger partial charge on any atom is -0.483 e. The summed E-state index contributed by atoms with van der Waals surface area (Å²) in [5, 5.41) is 12.5. The molecule has 202 valence electrons. The second kappa shape index (κ2) is 12.4. The molecule has 2 aromatic carbocycles. The van der Waals surface area contributed by atoms with Crippen molar-refractivity contribution in [2.24, 2.45) is 0 Å². The number of nitrogens with one attached hydrogen (secondary N) is 4. The fourth-order valence-electron chi connectivity index (χ4n) is 3.74. The van der Waals surface area contributed by atoms with Crippen LogP contribution in [0.1, 0.15) is 22.8 Å². The van der Waals surface area contributed by atoms with Gasteiger partial charge in [-0.3, -0.25) is 4.79 Å². The fraction of sp³-hybridized carbons (Fsp3) is 0.320. The third-order valence-electron chi connectivity index (χ3n) is 5.58. The van der Waals surface area contributed by atoms with E-state index < -0.39 is 15.7 Å². The largest absolute Gasteiger partial charge is 0.483 e. The molecule has 1 aromatic heterocycles. The van der Waals surface area contributed by atoms with Crippen molar-refractivity contribution >= 4 is 38.9 Å². The highest BCUT2D eigenvalue weighted by molar-refractivity contribution is 7.90. The Balaban J connectivity index is 1.51. The number of benzene rings is 2. The molecule has 0 atom stereocenters. The molecule has 11 nitrogen and oxygen atoms in total. The second-order valence-corrected chi connectivity index (χ2v) is 10.8. The van der Waals surface area contributed by atoms with Crippen molar-refractivity contribution in [3.05, 3.63) is 58.9 Å². The Hall–Kier alpha value is -3.45. The van der Waals surface area contributed by atoms with Crippen LogP contribution in [0.4, 0.5) is 11.5 Å². The highest BCUT2D eigenvalue weighted by atomic mass is 35.5. The molecule has 13 heteroatoms. The first-order valence-electron chi connectivity index (χ1n) is 12.0. The summed E-state index contributed by atoms with van der Waals surface area (Å²) in [4.78, 5) is 21.4. The molecule has 3 aromatic rings. The number of carbonyl (C=O) groups is 1. The zero-order valence-corrected chi connectivity index (χ0v) is 22.6. The quantitative estimate of drug-likeness (QED) is 0.258. The van der Waals surface area contributed by atoms with E-state index in [1.54, 1.807) is 12.1 Å². The van der Waals surface area contributed by atoms with Gasteiger partial charge >= 0.3 is 0 Å². The molecule has 0 radical (unpaired) electrons. The number of halogens is 1. The summed E-state index contributed by atoms with van der Waals surface area (Å²) in [6.45, 7) is 5.75. The van der Waals surface area contributed by atoms with Gasteiger partial charge in [-0.15, -0.1) is 0 Å². The Morgan fingerprint density at radius 2 is 1.97 bits per heavy atom. The molecular formula is C25H29ClN6O5S. The van der Waals surface area contributed by atoms with Gasteiger partial charge < -0.3 is 30.7 Å². The predicted molar refractivity (Wildman–Crippen MR) is 145 cm³/mol. The first-order chi connectivity index (χ1) is 18.3. The van der Waals surface area contributed by atoms with Crippen LogP contribution in [0.3, 0.4) is 0 Å². The Labute approximate surface area is 226 Å². The van der Waals surface area contributed by atoms with E-state index in [0.717, 1.165) is 19.3 Å². The maximum Gasteiger partial charge on any atom is 0.268 e. The number of nitrogens with zero attached hydrogens (tertiary/aromatic N) is 2. The van der Waals surface area contributed by atoms with E-state index >= 15 is 0 Å². The number of fused-ring (bicyclic) bond motifs is 1. The van der Waals surface area contributed by atoms with Gasteiger partial charge in [0, 0.05) is 37.1 Å². The first-order valence-corrected chi connectivity index (χ1v) is 14.3. The predicted octanol–water partition coefficient (Wildman–Crippen LogP) is 3.08. The normalized spacial score (nSPS) is 12.7. The number of likely N-dealkylation sites (N-methyl/N-ethyl adjacent to an activating group) is 1. The lowest BCUT2D eigenvalue weighted by Gasteiger charge is -2.19. The van der Waals surface area contributed by atoms with Crippen LogP contribution in [0.2, 0.25) is 5.02 Å². The number of anilines is 2. The van der Waals surface area contributed by atoms with Crippen LogP contribution in [0, 0.1) is 0 Å². The number of amides is 1. The summed E-state index contributed by atoms with van der Waals surface area (Å²) < 4.78 is 36.4. The maximum absolute atomic E-state index is 13.0. The van der Waals surface area contributed by atoms with Gasteiger partial charge in [-0.1, -0.05) is 24.6 Å². The average Bonchev–Trinajstić information content (AvgIpc) is 2.90. The molecule has 38 heavy (non-hydrogen) atoms. The molecule has 0 unspecified atom stereocenters. The van der Waals surface area contributed by atoms with Crippen LogP contribution in [0.25, 0.3) is 0 Å². The number of aromatic nitrogens is 2. The van der Waals surface area contributed by atoms with Crippen LogP contribution in [-0.4, -0.2) is 63.3 Å². The Kier molecular flexibility index (Phi) is 9.00. The maximum atomic E-state index is 13.0. The molecule has 2 heterocycles. The number of hydrogen-bond acceptors (Lipinski definition) is 10. The zero-order chi connectivity index (χ0) is 27.1. The summed E-state index contributed by atoms with van der Waals surface area (Å²) in [6.07, 6.45) is 2.48. The standard InChI is InChI=1S/C25H29ClN6O5S/c1-3-27-8-9-28-14-17-4-6-18(13-21(17)38(2,34)35)32-24(33)16-5-7-19(26)20(12-16)37-25-22-23(30-15-31-25)29-10-11-36-22/h4-7,12-13,15,27-28H,3,8-11,14H2,1-2H3,(H,32,33)(H,29,30,31). The molecule has 0 fully saturated rings. The summed E-state index contributed by atoms with van der Waals surface area (Å²) in [5.41, 5.74) is 1.21. The van der Waals surface area contributed by atoms with E-state index in [0.29, 0.717) is 49.1 Å². The van der Waals surface area contributed by atoms with E-state index in [1.807, 2.05) is 6.92 Å². The first kappa shape index (κ1) is 27.6. The minimum atomic E-state index is -3.53. The van der Waals surface area contributed by atoms with Crippen molar-refractivity contribution in [2.75, 3.05) is 49.7 Å². The lowest BCUT2D eigenvalue weighted by molar-refractivity contribution is 0.102. The van der Waals surface area contributed by atoms with E-state index in [2.05, 4.69) is 31.2 Å². The van der Waals surface area contributed by atoms with Crippen LogP contribution in [-0.2, 0) is 16.4 Å². The van der Waals surface area contributed by atoms with Crippen molar-refractivity contribution in [3.63, 3.8) is 0 Å². The number of hydrogen-bond donors (Lipinski definition) is 4. The average molecular weight is 561 g/mol. The van der Waals surface area contributed by atoms with Crippen molar-refractivity contribution in [3.8, 4) is 17.4 Å². The van der Waals surface area contributed by atoms with Crippen molar-refractivity contribution in [1.82, 2.24) is 20.6 Å². The van der Waals surface area contributed by atoms with Crippen molar-refractivity contribution in [2.45, 2.75) is 18.4 Å². The molecule has 0 spiro atoms. The Morgan fingerprint density at radius 3 is 2.76 bits per heavy atom. The minimum absolute atomic E-state index is 0.147. The Morgan fingerprint density at radius 1 is 1.16 bits per heavy atom. The number of carbonyl (C=O) groups excluding carboxylic acids is 1. The van der Waals surface area contributed by atoms with Gasteiger partial charge in [0.25, 0.3) is 11.8 Å². The van der Waals surface area contributed by atoms with Crippen molar-refractivity contribution < 1.29 is 22.7 Å². The molecule has 1 aliphatic heterocycles. The summed E-state index contributed by atoms with van der Waals surface area (Å²) in [6, 6.07) is 9.36. The van der Waals surface area contributed by atoms with Gasteiger partial charge in [0.1, 0.15) is 18.7 Å². The van der Waals surface area contributed by atoms with E-state index in [-0.39, 0.29) is 27.1 Å². The fourth-order valence-corrected chi connectivity index (χ4v) is 4.85. The smallest absolute Gasteiger partial charge is 0.268 e. The molecule has 0 bridgehead atoms. The van der Waals surface area contributed by atoms with Gasteiger partial charge in [-0.25, -0.2) is 13.4 Å². The van der Waals surface area contributed by atoms with Crippen molar-refractivity contribution in [1.29, 1.82) is 0 Å². The molecule has 1 aliphatic rings. The zero-order valence-electron chi connectivity index (χ0n) is 21.0. The number of sulfone groups is 1. The highest BCUT2D eigenvalue weighted by Gasteiger charge is 2.21. The van der Waals surface area contributed by atoms with E-state index in [9.17, 15) is 13.2 Å². The number of rotatable bonds is 11. The number of ether oxygens (including phenoxy) is 2. The van der Waals surface area contributed by atoms with Gasteiger partial charge in [0.2, 0.25) is 5.75 Å². The lowest BCUT2D eigenvalue weighted by Crippen LogP contribution is -2.27. The van der Waals surface area contributed by atoms with Crippen LogP contribution in [0.5, 0.6) is 17.4 Å². The molecular weight excluding hydrogens is 532 g/mol. The molecule has 4 rings (SSSR count). The topological polar surface area (TPSA) is 144 Å². The highest BCUT2D eigenvalue weighted by Crippen LogP contribution is 2.38. The third kappa shape index (κ3) is 6.90. The van der Waals surface area contributed by atoms with E-state index in [4.69, 9.17) is 21.1 Å². The molecule has 0 saturated carbocycles. The van der Waals surface area contributed by atoms with Gasteiger partial charge in [-0.05, 0) is 42.4 Å². The van der Waals surface area contributed by atoms with E-state index in [1.165, 1.54) is 30.6 Å². The molecule has 1 amide bonds.